The van der Waals surface area contributed by atoms with E-state index in [1.165, 1.54) is 0 Å². The predicted molar refractivity (Wildman–Crippen MR) is 82.6 cm³/mol. The molecule has 1 aromatic rings. The Morgan fingerprint density at radius 1 is 1.38 bits per heavy atom. The zero-order chi connectivity index (χ0) is 14.9. The number of morpholine rings is 1. The van der Waals surface area contributed by atoms with Gasteiger partial charge in [0.1, 0.15) is 0 Å². The second-order valence-electron chi connectivity index (χ2n) is 5.06. The summed E-state index contributed by atoms with van der Waals surface area (Å²) >= 11 is 0. The molecule has 21 heavy (non-hydrogen) atoms. The summed E-state index contributed by atoms with van der Waals surface area (Å²) in [7, 11) is 0. The number of nitrogens with zero attached hydrogens (tertiary/aromatic N) is 2. The fourth-order valence-corrected chi connectivity index (χ4v) is 2.24. The molecule has 0 aliphatic carbocycles. The largest absolute Gasteiger partial charge is 0.384 e. The van der Waals surface area contributed by atoms with Crippen molar-refractivity contribution in [2.45, 2.75) is 13.3 Å². The highest BCUT2D eigenvalue weighted by molar-refractivity contribution is 5.99. The average molecular weight is 292 g/mol. The number of rotatable bonds is 7. The van der Waals surface area contributed by atoms with Gasteiger partial charge in [0.25, 0.3) is 5.91 Å². The first-order valence-corrected chi connectivity index (χ1v) is 7.57. The first-order valence-electron chi connectivity index (χ1n) is 7.57. The topological polar surface area (TPSA) is 66.5 Å². The molecule has 1 aliphatic heterocycles. The number of hydrogen-bond donors (Lipinski definition) is 2. The Morgan fingerprint density at radius 3 is 2.95 bits per heavy atom. The van der Waals surface area contributed by atoms with E-state index in [-0.39, 0.29) is 5.91 Å². The smallest absolute Gasteiger partial charge is 0.254 e. The third-order valence-electron chi connectivity index (χ3n) is 3.45. The first kappa shape index (κ1) is 15.7. The summed E-state index contributed by atoms with van der Waals surface area (Å²) in [5.74, 6) is -0.0741. The van der Waals surface area contributed by atoms with Crippen molar-refractivity contribution in [1.29, 1.82) is 0 Å². The van der Waals surface area contributed by atoms with Gasteiger partial charge in [-0.15, -0.1) is 0 Å². The molecule has 1 amide bonds. The highest BCUT2D eigenvalue weighted by atomic mass is 16.5. The molecule has 0 spiro atoms. The zero-order valence-corrected chi connectivity index (χ0v) is 12.6. The monoisotopic (exact) mass is 292 g/mol. The quantitative estimate of drug-likeness (QED) is 0.784. The summed E-state index contributed by atoms with van der Waals surface area (Å²) in [6, 6.07) is 1.84. The average Bonchev–Trinajstić information content (AvgIpc) is 2.54. The van der Waals surface area contributed by atoms with E-state index in [0.29, 0.717) is 12.1 Å². The van der Waals surface area contributed by atoms with Crippen LogP contribution in [-0.2, 0) is 4.74 Å². The molecule has 6 heteroatoms. The van der Waals surface area contributed by atoms with Gasteiger partial charge in [0.2, 0.25) is 0 Å². The van der Waals surface area contributed by atoms with Gasteiger partial charge in [-0.1, -0.05) is 6.92 Å². The Kier molecular flexibility index (Phi) is 6.43. The van der Waals surface area contributed by atoms with Crippen LogP contribution in [0.25, 0.3) is 0 Å². The Morgan fingerprint density at radius 2 is 2.19 bits per heavy atom. The lowest BCUT2D eigenvalue weighted by molar-refractivity contribution is 0.0383. The zero-order valence-electron chi connectivity index (χ0n) is 12.6. The van der Waals surface area contributed by atoms with Crippen LogP contribution in [0.2, 0.25) is 0 Å². The highest BCUT2D eigenvalue weighted by Gasteiger charge is 2.13. The number of ether oxygens (including phenoxy) is 1. The second-order valence-corrected chi connectivity index (χ2v) is 5.06. The molecule has 6 nitrogen and oxygen atoms in total. The summed E-state index contributed by atoms with van der Waals surface area (Å²) in [6.45, 7) is 7.86. The van der Waals surface area contributed by atoms with Crippen molar-refractivity contribution in [3.05, 3.63) is 24.0 Å². The molecule has 1 aliphatic rings. The summed E-state index contributed by atoms with van der Waals surface area (Å²) in [5.41, 5.74) is 1.45. The molecule has 0 atom stereocenters. The normalized spacial score (nSPS) is 15.7. The molecule has 0 unspecified atom stereocenters. The van der Waals surface area contributed by atoms with Crippen LogP contribution >= 0.6 is 0 Å². The van der Waals surface area contributed by atoms with E-state index in [2.05, 4.69) is 27.4 Å². The maximum atomic E-state index is 12.2. The van der Waals surface area contributed by atoms with Crippen LogP contribution in [0, 0.1) is 0 Å². The minimum atomic E-state index is -0.0741. The summed E-state index contributed by atoms with van der Waals surface area (Å²) in [6.07, 6.45) is 4.32. The summed E-state index contributed by atoms with van der Waals surface area (Å²) in [4.78, 5) is 18.6. The molecule has 0 saturated carbocycles. The number of nitrogens with one attached hydrogen (secondary N) is 2. The van der Waals surface area contributed by atoms with Crippen LogP contribution in [0.15, 0.2) is 18.5 Å². The van der Waals surface area contributed by atoms with Crippen molar-refractivity contribution in [2.75, 3.05) is 51.3 Å². The third-order valence-corrected chi connectivity index (χ3v) is 3.45. The van der Waals surface area contributed by atoms with Crippen molar-refractivity contribution in [1.82, 2.24) is 15.2 Å². The van der Waals surface area contributed by atoms with Crippen LogP contribution < -0.4 is 10.6 Å². The maximum absolute atomic E-state index is 12.2. The van der Waals surface area contributed by atoms with E-state index in [9.17, 15) is 4.79 Å². The molecule has 116 valence electrons. The predicted octanol–water partition coefficient (Wildman–Crippen LogP) is 0.965. The van der Waals surface area contributed by atoms with E-state index >= 15 is 0 Å². The lowest BCUT2D eigenvalue weighted by Gasteiger charge is -2.26. The van der Waals surface area contributed by atoms with Gasteiger partial charge in [0.05, 0.1) is 24.5 Å². The summed E-state index contributed by atoms with van der Waals surface area (Å²) < 4.78 is 5.30. The van der Waals surface area contributed by atoms with Crippen LogP contribution in [0.4, 0.5) is 5.69 Å². The minimum Gasteiger partial charge on any atom is -0.384 e. The highest BCUT2D eigenvalue weighted by Crippen LogP contribution is 2.13. The van der Waals surface area contributed by atoms with Crippen molar-refractivity contribution in [3.63, 3.8) is 0 Å². The van der Waals surface area contributed by atoms with Gasteiger partial charge in [0, 0.05) is 45.1 Å². The SMILES string of the molecule is CCCNc1ccncc1C(=O)NCCN1CCOCC1. The van der Waals surface area contributed by atoms with E-state index in [1.54, 1.807) is 12.4 Å². The number of carbonyl (C=O) groups excluding carboxylic acids is 1. The molecule has 1 aromatic heterocycles. The Bertz CT molecular complexity index is 447. The molecule has 2 heterocycles. The molecular weight excluding hydrogens is 268 g/mol. The second kappa shape index (κ2) is 8.59. The van der Waals surface area contributed by atoms with Crippen molar-refractivity contribution >= 4 is 11.6 Å². The molecular formula is C15H24N4O2. The van der Waals surface area contributed by atoms with Gasteiger partial charge in [-0.2, -0.15) is 0 Å². The third kappa shape index (κ3) is 4.99. The van der Waals surface area contributed by atoms with Crippen LogP contribution in [0.5, 0.6) is 0 Å². The maximum Gasteiger partial charge on any atom is 0.254 e. The Labute approximate surface area is 125 Å². The van der Waals surface area contributed by atoms with Gasteiger partial charge in [-0.05, 0) is 12.5 Å². The molecule has 0 aromatic carbocycles. The van der Waals surface area contributed by atoms with Gasteiger partial charge in [-0.3, -0.25) is 14.7 Å². The number of carbonyl (C=O) groups is 1. The Hall–Kier alpha value is -1.66. The molecule has 1 fully saturated rings. The van der Waals surface area contributed by atoms with E-state index < -0.39 is 0 Å². The first-order chi connectivity index (χ1) is 10.3. The number of pyridine rings is 1. The fourth-order valence-electron chi connectivity index (χ4n) is 2.24. The van der Waals surface area contributed by atoms with E-state index in [1.807, 2.05) is 6.07 Å². The van der Waals surface area contributed by atoms with Gasteiger partial charge in [0.15, 0.2) is 0 Å². The van der Waals surface area contributed by atoms with Gasteiger partial charge in [-0.25, -0.2) is 0 Å². The van der Waals surface area contributed by atoms with Crippen molar-refractivity contribution < 1.29 is 9.53 Å². The Balaban J connectivity index is 1.82. The lowest BCUT2D eigenvalue weighted by Crippen LogP contribution is -2.41. The molecule has 2 N–H and O–H groups in total. The standard InChI is InChI=1S/C15H24N4O2/c1-2-4-17-14-3-5-16-12-13(14)15(20)18-6-7-19-8-10-21-11-9-19/h3,5,12H,2,4,6-11H2,1H3,(H,16,17)(H,18,20). The number of aromatic nitrogens is 1. The molecule has 0 bridgehead atoms. The van der Waals surface area contributed by atoms with Gasteiger partial charge < -0.3 is 15.4 Å². The van der Waals surface area contributed by atoms with Crippen molar-refractivity contribution in [2.24, 2.45) is 0 Å². The molecule has 1 saturated heterocycles. The van der Waals surface area contributed by atoms with Gasteiger partial charge >= 0.3 is 0 Å². The van der Waals surface area contributed by atoms with Crippen LogP contribution in [0.3, 0.4) is 0 Å². The fraction of sp³-hybridized carbons (Fsp3) is 0.600. The summed E-state index contributed by atoms with van der Waals surface area (Å²) in [5, 5.41) is 6.22. The number of amides is 1. The number of hydrogen-bond acceptors (Lipinski definition) is 5. The molecule has 2 rings (SSSR count). The molecule has 0 radical (unpaired) electrons. The van der Waals surface area contributed by atoms with Crippen molar-refractivity contribution in [3.8, 4) is 0 Å². The van der Waals surface area contributed by atoms with E-state index in [4.69, 9.17) is 4.74 Å². The lowest BCUT2D eigenvalue weighted by atomic mass is 10.2. The van der Waals surface area contributed by atoms with Crippen LogP contribution in [-0.4, -0.2) is 61.7 Å². The van der Waals surface area contributed by atoms with E-state index in [0.717, 1.165) is 51.5 Å². The number of anilines is 1. The minimum absolute atomic E-state index is 0.0741. The van der Waals surface area contributed by atoms with Crippen LogP contribution in [0.1, 0.15) is 23.7 Å².